The summed E-state index contributed by atoms with van der Waals surface area (Å²) in [6.07, 6.45) is 0. The van der Waals surface area contributed by atoms with Gasteiger partial charge in [-0.05, 0) is 19.4 Å². The van der Waals surface area contributed by atoms with Crippen LogP contribution in [0.15, 0.2) is 12.1 Å². The van der Waals surface area contributed by atoms with Gasteiger partial charge in [0.1, 0.15) is 0 Å². The summed E-state index contributed by atoms with van der Waals surface area (Å²) in [6.45, 7) is 10.7. The van der Waals surface area contributed by atoms with Gasteiger partial charge in [-0.25, -0.2) is 4.85 Å². The van der Waals surface area contributed by atoms with Crippen molar-refractivity contribution in [1.29, 1.82) is 5.26 Å². The molecule has 0 saturated heterocycles. The van der Waals surface area contributed by atoms with Crippen LogP contribution in [0.1, 0.15) is 16.7 Å². The largest absolute Gasteiger partial charge is 0.237 e. The van der Waals surface area contributed by atoms with E-state index in [0.717, 1.165) is 11.1 Å². The fourth-order valence-corrected chi connectivity index (χ4v) is 0.983. The summed E-state index contributed by atoms with van der Waals surface area (Å²) in [5.74, 6) is 0. The van der Waals surface area contributed by atoms with Crippen molar-refractivity contribution in [2.24, 2.45) is 0 Å². The van der Waals surface area contributed by atoms with Gasteiger partial charge in [0.15, 0.2) is 0 Å². The van der Waals surface area contributed by atoms with Crippen molar-refractivity contribution in [1.82, 2.24) is 0 Å². The van der Waals surface area contributed by atoms with Crippen molar-refractivity contribution < 1.29 is 0 Å². The molecule has 0 saturated carbocycles. The number of nitrogens with zero attached hydrogens (tertiary/aromatic N) is 2. The van der Waals surface area contributed by atoms with Gasteiger partial charge >= 0.3 is 0 Å². The molecule has 0 spiro atoms. The lowest BCUT2D eigenvalue weighted by molar-refractivity contribution is 1.33. The summed E-state index contributed by atoms with van der Waals surface area (Å²) in [5, 5.41) is 8.67. The van der Waals surface area contributed by atoms with Crippen LogP contribution in [-0.2, 0) is 0 Å². The molecule has 58 valence electrons. The van der Waals surface area contributed by atoms with Crippen LogP contribution >= 0.6 is 0 Å². The van der Waals surface area contributed by atoms with Gasteiger partial charge in [-0.15, -0.1) is 0 Å². The third-order valence-corrected chi connectivity index (χ3v) is 1.85. The SMILES string of the molecule is [C-]#[N+]c1cc(C)c(C)cc1C#N. The van der Waals surface area contributed by atoms with Gasteiger partial charge < -0.3 is 0 Å². The lowest BCUT2D eigenvalue weighted by Gasteiger charge is -2.00. The first-order valence-corrected chi connectivity index (χ1v) is 3.58. The minimum atomic E-state index is 0.445. The average Bonchev–Trinajstić information content (AvgIpc) is 2.09. The van der Waals surface area contributed by atoms with E-state index in [4.69, 9.17) is 11.8 Å². The molecule has 1 rings (SSSR count). The Bertz CT molecular complexity index is 353. The Kier molecular flexibility index (Phi) is 2.12. The van der Waals surface area contributed by atoms with Crippen molar-refractivity contribution in [2.75, 3.05) is 0 Å². The molecule has 12 heavy (non-hydrogen) atoms. The second-order valence-electron chi connectivity index (χ2n) is 2.68. The van der Waals surface area contributed by atoms with E-state index >= 15 is 0 Å². The molecule has 0 amide bonds. The topological polar surface area (TPSA) is 28.1 Å². The molecule has 1 aromatic carbocycles. The van der Waals surface area contributed by atoms with Gasteiger partial charge in [-0.2, -0.15) is 5.26 Å². The second kappa shape index (κ2) is 3.07. The van der Waals surface area contributed by atoms with Gasteiger partial charge in [0.25, 0.3) is 0 Å². The van der Waals surface area contributed by atoms with Crippen LogP contribution in [0.4, 0.5) is 5.69 Å². The minimum absolute atomic E-state index is 0.445. The van der Waals surface area contributed by atoms with Crippen LogP contribution in [0, 0.1) is 31.8 Å². The zero-order valence-corrected chi connectivity index (χ0v) is 7.05. The Morgan fingerprint density at radius 1 is 1.33 bits per heavy atom. The first-order valence-electron chi connectivity index (χ1n) is 3.58. The maximum Gasteiger partial charge on any atom is 0.204 e. The molecule has 0 unspecified atom stereocenters. The quantitative estimate of drug-likeness (QED) is 0.531. The second-order valence-corrected chi connectivity index (χ2v) is 2.68. The molecule has 0 radical (unpaired) electrons. The van der Waals surface area contributed by atoms with E-state index in [1.165, 1.54) is 0 Å². The van der Waals surface area contributed by atoms with Gasteiger partial charge in [-0.3, -0.25) is 0 Å². The predicted molar refractivity (Wildman–Crippen MR) is 46.9 cm³/mol. The van der Waals surface area contributed by atoms with Crippen molar-refractivity contribution in [3.63, 3.8) is 0 Å². The van der Waals surface area contributed by atoms with Crippen molar-refractivity contribution in [3.05, 3.63) is 40.2 Å². The summed E-state index contributed by atoms with van der Waals surface area (Å²) in [4.78, 5) is 3.27. The van der Waals surface area contributed by atoms with Crippen LogP contribution < -0.4 is 0 Å². The molecule has 0 atom stereocenters. The Morgan fingerprint density at radius 3 is 2.42 bits per heavy atom. The zero-order chi connectivity index (χ0) is 9.14. The molecule has 2 nitrogen and oxygen atoms in total. The van der Waals surface area contributed by atoms with E-state index in [1.54, 1.807) is 12.1 Å². The van der Waals surface area contributed by atoms with E-state index in [-0.39, 0.29) is 0 Å². The van der Waals surface area contributed by atoms with E-state index in [1.807, 2.05) is 19.9 Å². The number of aryl methyl sites for hydroxylation is 2. The maximum atomic E-state index is 8.67. The Labute approximate surface area is 71.9 Å². The summed E-state index contributed by atoms with van der Waals surface area (Å²) < 4.78 is 0. The number of hydrogen-bond donors (Lipinski definition) is 0. The van der Waals surface area contributed by atoms with Crippen LogP contribution in [0.25, 0.3) is 4.85 Å². The number of benzene rings is 1. The highest BCUT2D eigenvalue weighted by molar-refractivity contribution is 5.61. The third-order valence-electron chi connectivity index (χ3n) is 1.85. The van der Waals surface area contributed by atoms with Gasteiger partial charge in [-0.1, -0.05) is 17.7 Å². The van der Waals surface area contributed by atoms with E-state index in [0.29, 0.717) is 11.3 Å². The fraction of sp³-hybridized carbons (Fsp3) is 0.200. The first-order chi connectivity index (χ1) is 5.69. The lowest BCUT2D eigenvalue weighted by Crippen LogP contribution is -1.83. The number of rotatable bonds is 0. The van der Waals surface area contributed by atoms with Gasteiger partial charge in [0.05, 0.1) is 18.2 Å². The summed E-state index contributed by atoms with van der Waals surface area (Å²) in [5.41, 5.74) is 3.02. The standard InChI is InChI=1S/C10H8N2/c1-7-4-9(6-11)10(12-3)5-8(7)2/h4-5H,1-2H3. The molecule has 1 aromatic rings. The third kappa shape index (κ3) is 1.28. The Balaban J connectivity index is 3.44. The van der Waals surface area contributed by atoms with Crippen LogP contribution in [0.3, 0.4) is 0 Å². The van der Waals surface area contributed by atoms with Crippen molar-refractivity contribution in [2.45, 2.75) is 13.8 Å². The molecule has 0 aliphatic carbocycles. The molecule has 0 aliphatic rings. The highest BCUT2D eigenvalue weighted by Crippen LogP contribution is 2.22. The summed E-state index contributed by atoms with van der Waals surface area (Å²) in [7, 11) is 0. The van der Waals surface area contributed by atoms with E-state index in [9.17, 15) is 0 Å². The molecule has 0 fully saturated rings. The molecule has 2 heteroatoms. The normalized spacial score (nSPS) is 8.67. The molecule has 0 aliphatic heterocycles. The maximum absolute atomic E-state index is 8.67. The van der Waals surface area contributed by atoms with Crippen LogP contribution in [0.2, 0.25) is 0 Å². The molecule has 0 aromatic heterocycles. The highest BCUT2D eigenvalue weighted by atomic mass is 14.6. The van der Waals surface area contributed by atoms with Crippen LogP contribution in [0.5, 0.6) is 0 Å². The van der Waals surface area contributed by atoms with Gasteiger partial charge in [0, 0.05) is 0 Å². The average molecular weight is 156 g/mol. The molecular weight excluding hydrogens is 148 g/mol. The monoisotopic (exact) mass is 156 g/mol. The zero-order valence-electron chi connectivity index (χ0n) is 7.05. The van der Waals surface area contributed by atoms with Crippen molar-refractivity contribution >= 4 is 5.69 Å². The van der Waals surface area contributed by atoms with Crippen molar-refractivity contribution in [3.8, 4) is 6.07 Å². The molecular formula is C10H8N2. The molecule has 0 bridgehead atoms. The van der Waals surface area contributed by atoms with Gasteiger partial charge in [0.2, 0.25) is 5.69 Å². The lowest BCUT2D eigenvalue weighted by atomic mass is 10.1. The molecule has 0 heterocycles. The smallest absolute Gasteiger partial charge is 0.204 e. The highest BCUT2D eigenvalue weighted by Gasteiger charge is 2.03. The van der Waals surface area contributed by atoms with E-state index in [2.05, 4.69) is 4.85 Å². The fourth-order valence-electron chi connectivity index (χ4n) is 0.983. The summed E-state index contributed by atoms with van der Waals surface area (Å²) in [6, 6.07) is 5.50. The summed E-state index contributed by atoms with van der Waals surface area (Å²) >= 11 is 0. The number of nitriles is 1. The molecule has 0 N–H and O–H groups in total. The predicted octanol–water partition coefficient (Wildman–Crippen LogP) is 2.73. The van der Waals surface area contributed by atoms with Crippen LogP contribution in [-0.4, -0.2) is 0 Å². The Morgan fingerprint density at radius 2 is 1.92 bits per heavy atom. The Hall–Kier alpha value is -1.80. The minimum Gasteiger partial charge on any atom is -0.237 e. The van der Waals surface area contributed by atoms with E-state index < -0.39 is 0 Å². The first kappa shape index (κ1) is 8.30. The number of hydrogen-bond acceptors (Lipinski definition) is 1.